The van der Waals surface area contributed by atoms with Gasteiger partial charge in [0.2, 0.25) is 0 Å². The van der Waals surface area contributed by atoms with Gasteiger partial charge in [-0.25, -0.2) is 9.97 Å². The molecule has 0 amide bonds. The van der Waals surface area contributed by atoms with E-state index in [1.165, 1.54) is 0 Å². The summed E-state index contributed by atoms with van der Waals surface area (Å²) in [5, 5.41) is 4.94. The van der Waals surface area contributed by atoms with Crippen molar-refractivity contribution in [3.05, 3.63) is 58.2 Å². The first-order valence-corrected chi connectivity index (χ1v) is 10.1. The monoisotopic (exact) mass is 426 g/mol. The van der Waals surface area contributed by atoms with Crippen molar-refractivity contribution in [2.45, 2.75) is 13.5 Å². The van der Waals surface area contributed by atoms with E-state index in [2.05, 4.69) is 10.3 Å². The number of nitrogens with one attached hydrogen (secondary N) is 1. The number of hydrogen-bond acceptors (Lipinski definition) is 7. The summed E-state index contributed by atoms with van der Waals surface area (Å²) < 4.78 is 10.7. The first-order chi connectivity index (χ1) is 14.1. The second-order valence-corrected chi connectivity index (χ2v) is 7.91. The van der Waals surface area contributed by atoms with Crippen LogP contribution in [-0.4, -0.2) is 29.2 Å². The second kappa shape index (κ2) is 8.23. The van der Waals surface area contributed by atoms with Crippen molar-refractivity contribution in [3.8, 4) is 22.9 Å². The molecule has 1 N–H and O–H groups in total. The molecule has 8 heteroatoms. The number of fused-ring (bicyclic) bond motifs is 1. The van der Waals surface area contributed by atoms with Crippen LogP contribution >= 0.6 is 22.9 Å². The van der Waals surface area contributed by atoms with Gasteiger partial charge in [0.05, 0.1) is 24.6 Å². The molecule has 4 aromatic rings. The van der Waals surface area contributed by atoms with E-state index in [-0.39, 0.29) is 0 Å². The van der Waals surface area contributed by atoms with E-state index in [0.717, 1.165) is 26.2 Å². The highest BCUT2D eigenvalue weighted by molar-refractivity contribution is 7.19. The molecule has 0 saturated heterocycles. The zero-order chi connectivity index (χ0) is 20.4. The number of hydrogen-bond donors (Lipinski definition) is 1. The Labute approximate surface area is 177 Å². The molecule has 29 heavy (non-hydrogen) atoms. The largest absolute Gasteiger partial charge is 0.493 e. The van der Waals surface area contributed by atoms with Crippen molar-refractivity contribution >= 4 is 39.0 Å². The fraction of sp³-hybridized carbons (Fsp3) is 0.190. The highest BCUT2D eigenvalue weighted by Crippen LogP contribution is 2.39. The van der Waals surface area contributed by atoms with Gasteiger partial charge >= 0.3 is 0 Å². The summed E-state index contributed by atoms with van der Waals surface area (Å²) in [4.78, 5) is 15.4. The third-order valence-corrected chi connectivity index (χ3v) is 6.08. The minimum Gasteiger partial charge on any atom is -0.493 e. The van der Waals surface area contributed by atoms with Crippen molar-refractivity contribution in [1.82, 2.24) is 15.0 Å². The van der Waals surface area contributed by atoms with Gasteiger partial charge in [-0.05, 0) is 36.8 Å². The quantitative estimate of drug-likeness (QED) is 0.448. The summed E-state index contributed by atoms with van der Waals surface area (Å²) in [5.41, 5.74) is 1.93. The van der Waals surface area contributed by atoms with Gasteiger partial charge in [0.1, 0.15) is 10.6 Å². The minimum absolute atomic E-state index is 0.549. The van der Waals surface area contributed by atoms with Crippen molar-refractivity contribution in [2.75, 3.05) is 19.5 Å². The van der Waals surface area contributed by atoms with Gasteiger partial charge in [-0.3, -0.25) is 4.98 Å². The Balaban J connectivity index is 1.72. The van der Waals surface area contributed by atoms with Crippen LogP contribution in [0, 0.1) is 6.92 Å². The molecule has 0 aliphatic rings. The lowest BCUT2D eigenvalue weighted by Gasteiger charge is -2.12. The number of thiophene rings is 1. The first kappa shape index (κ1) is 19.4. The maximum Gasteiger partial charge on any atom is 0.163 e. The summed E-state index contributed by atoms with van der Waals surface area (Å²) in [6, 6.07) is 9.59. The van der Waals surface area contributed by atoms with Gasteiger partial charge in [0, 0.05) is 29.4 Å². The lowest BCUT2D eigenvalue weighted by molar-refractivity contribution is 0.354. The SMILES string of the molecule is COc1ccc(CNc2nc(-c3ccncc3)nc3sc(C)c(Cl)c23)cc1OC. The van der Waals surface area contributed by atoms with Crippen LogP contribution in [0.5, 0.6) is 11.5 Å². The van der Waals surface area contributed by atoms with Crippen LogP contribution in [0.15, 0.2) is 42.7 Å². The van der Waals surface area contributed by atoms with Gasteiger partial charge in [0.25, 0.3) is 0 Å². The van der Waals surface area contributed by atoms with Crippen LogP contribution in [0.3, 0.4) is 0 Å². The number of nitrogens with zero attached hydrogens (tertiary/aromatic N) is 3. The molecule has 3 heterocycles. The summed E-state index contributed by atoms with van der Waals surface area (Å²) >= 11 is 8.12. The first-order valence-electron chi connectivity index (χ1n) is 8.92. The summed E-state index contributed by atoms with van der Waals surface area (Å²) in [7, 11) is 3.24. The number of ether oxygens (including phenoxy) is 2. The average molecular weight is 427 g/mol. The zero-order valence-corrected chi connectivity index (χ0v) is 17.8. The summed E-state index contributed by atoms with van der Waals surface area (Å²) in [6.45, 7) is 2.53. The molecule has 0 aliphatic carbocycles. The van der Waals surface area contributed by atoms with E-state index in [9.17, 15) is 0 Å². The summed E-state index contributed by atoms with van der Waals surface area (Å²) in [5.74, 6) is 2.71. The number of methoxy groups -OCH3 is 2. The second-order valence-electron chi connectivity index (χ2n) is 6.33. The molecule has 148 valence electrons. The highest BCUT2D eigenvalue weighted by atomic mass is 35.5. The van der Waals surface area contributed by atoms with Crippen molar-refractivity contribution < 1.29 is 9.47 Å². The number of aryl methyl sites for hydroxylation is 1. The van der Waals surface area contributed by atoms with Gasteiger partial charge in [0.15, 0.2) is 17.3 Å². The van der Waals surface area contributed by atoms with Crippen molar-refractivity contribution in [1.29, 1.82) is 0 Å². The van der Waals surface area contributed by atoms with Crippen LogP contribution in [0.4, 0.5) is 5.82 Å². The van der Waals surface area contributed by atoms with Crippen LogP contribution in [-0.2, 0) is 6.54 Å². The predicted octanol–water partition coefficient (Wildman–Crippen LogP) is 5.34. The van der Waals surface area contributed by atoms with E-state index in [1.54, 1.807) is 38.0 Å². The zero-order valence-electron chi connectivity index (χ0n) is 16.2. The molecule has 1 aromatic carbocycles. The maximum atomic E-state index is 6.56. The molecule has 0 radical (unpaired) electrons. The predicted molar refractivity (Wildman–Crippen MR) is 117 cm³/mol. The van der Waals surface area contributed by atoms with Gasteiger partial charge in [-0.2, -0.15) is 0 Å². The Bertz CT molecular complexity index is 1160. The lowest BCUT2D eigenvalue weighted by atomic mass is 10.2. The number of anilines is 1. The maximum absolute atomic E-state index is 6.56. The van der Waals surface area contributed by atoms with E-state index in [1.807, 2.05) is 37.3 Å². The lowest BCUT2D eigenvalue weighted by Crippen LogP contribution is -2.04. The molecule has 0 unspecified atom stereocenters. The number of pyridine rings is 1. The molecule has 0 spiro atoms. The fourth-order valence-electron chi connectivity index (χ4n) is 3.01. The molecular formula is C21H19ClN4O2S. The van der Waals surface area contributed by atoms with E-state index >= 15 is 0 Å². The Morgan fingerprint density at radius 3 is 2.52 bits per heavy atom. The fourth-order valence-corrected chi connectivity index (χ4v) is 4.28. The van der Waals surface area contributed by atoms with Crippen LogP contribution in [0.2, 0.25) is 5.02 Å². The molecule has 3 aromatic heterocycles. The van der Waals surface area contributed by atoms with E-state index in [4.69, 9.17) is 31.0 Å². The molecular weight excluding hydrogens is 408 g/mol. The minimum atomic E-state index is 0.549. The Hall–Kier alpha value is -2.90. The van der Waals surface area contributed by atoms with E-state index < -0.39 is 0 Å². The van der Waals surface area contributed by atoms with Crippen LogP contribution in [0.25, 0.3) is 21.6 Å². The molecule has 4 rings (SSSR count). The molecule has 0 fully saturated rings. The molecule has 0 bridgehead atoms. The van der Waals surface area contributed by atoms with Crippen LogP contribution < -0.4 is 14.8 Å². The van der Waals surface area contributed by atoms with Gasteiger partial charge in [-0.15, -0.1) is 11.3 Å². The highest BCUT2D eigenvalue weighted by Gasteiger charge is 2.17. The van der Waals surface area contributed by atoms with Crippen molar-refractivity contribution in [2.24, 2.45) is 0 Å². The third kappa shape index (κ3) is 3.83. The average Bonchev–Trinajstić information content (AvgIpc) is 3.06. The number of rotatable bonds is 6. The summed E-state index contributed by atoms with van der Waals surface area (Å²) in [6.07, 6.45) is 3.46. The standard InChI is InChI=1S/C21H19ClN4O2S/c1-12-18(22)17-20(24-11-13-4-5-15(27-2)16(10-13)28-3)25-19(26-21(17)29-12)14-6-8-23-9-7-14/h4-10H,11H2,1-3H3,(H,24,25,26). The number of halogens is 1. The van der Waals surface area contributed by atoms with Crippen molar-refractivity contribution in [3.63, 3.8) is 0 Å². The normalized spacial score (nSPS) is 10.9. The molecule has 0 saturated carbocycles. The van der Waals surface area contributed by atoms with Crippen LogP contribution in [0.1, 0.15) is 10.4 Å². The van der Waals surface area contributed by atoms with E-state index in [0.29, 0.717) is 34.7 Å². The molecule has 0 atom stereocenters. The third-order valence-electron chi connectivity index (χ3n) is 4.50. The number of benzene rings is 1. The molecule has 0 aliphatic heterocycles. The Morgan fingerprint density at radius 2 is 1.79 bits per heavy atom. The number of aromatic nitrogens is 3. The smallest absolute Gasteiger partial charge is 0.163 e. The van der Waals surface area contributed by atoms with Gasteiger partial charge in [-0.1, -0.05) is 17.7 Å². The topological polar surface area (TPSA) is 69.2 Å². The Morgan fingerprint density at radius 1 is 1.03 bits per heavy atom. The van der Waals surface area contributed by atoms with Gasteiger partial charge < -0.3 is 14.8 Å². The Kier molecular flexibility index (Phi) is 5.51. The molecule has 6 nitrogen and oxygen atoms in total.